The van der Waals surface area contributed by atoms with Crippen molar-refractivity contribution in [2.45, 2.75) is 31.2 Å². The van der Waals surface area contributed by atoms with Gasteiger partial charge in [0.05, 0.1) is 20.1 Å². The number of methoxy groups -OCH3 is 2. The Kier molecular flexibility index (Phi) is 5.16. The quantitative estimate of drug-likeness (QED) is 0.598. The number of hydrogen-bond acceptors (Lipinski definition) is 7. The molecule has 11 heteroatoms. The number of fused-ring (bicyclic) bond motifs is 2. The lowest BCUT2D eigenvalue weighted by Gasteiger charge is -2.34. The molecule has 2 N–H and O–H groups in total. The summed E-state index contributed by atoms with van der Waals surface area (Å²) in [5, 5.41) is 4.04. The number of nitrogens with one attached hydrogen (secondary N) is 2. The van der Waals surface area contributed by atoms with Crippen molar-refractivity contribution in [2.24, 2.45) is 0 Å². The van der Waals surface area contributed by atoms with Gasteiger partial charge >= 0.3 is 6.18 Å². The van der Waals surface area contributed by atoms with Crippen LogP contribution < -0.4 is 20.2 Å². The Morgan fingerprint density at radius 3 is 2.59 bits per heavy atom. The Morgan fingerprint density at radius 2 is 1.88 bits per heavy atom. The molecular weight excluding hydrogens is 453 g/mol. The molecule has 3 unspecified atom stereocenters. The average molecular weight is 474 g/mol. The van der Waals surface area contributed by atoms with Crippen LogP contribution in [0.15, 0.2) is 52.6 Å². The Bertz CT molecular complexity index is 1300. The predicted molar refractivity (Wildman–Crippen MR) is 116 cm³/mol. The number of carbonyl (C=O) groups excluding carboxylic acids is 1. The minimum Gasteiger partial charge on any atom is -0.497 e. The maximum absolute atomic E-state index is 14.1. The lowest BCUT2D eigenvalue weighted by atomic mass is 9.88. The molecular formula is C23H21F3N4O4. The van der Waals surface area contributed by atoms with E-state index < -0.39 is 30.2 Å². The van der Waals surface area contributed by atoms with Gasteiger partial charge in [-0.05, 0) is 36.8 Å². The fourth-order valence-electron chi connectivity index (χ4n) is 4.51. The van der Waals surface area contributed by atoms with Crippen LogP contribution in [-0.4, -0.2) is 48.5 Å². The van der Waals surface area contributed by atoms with Gasteiger partial charge < -0.3 is 19.2 Å². The second-order valence-electron chi connectivity index (χ2n) is 8.04. The van der Waals surface area contributed by atoms with Crippen molar-refractivity contribution in [3.63, 3.8) is 0 Å². The zero-order valence-corrected chi connectivity index (χ0v) is 18.4. The molecule has 5 rings (SSSR count). The summed E-state index contributed by atoms with van der Waals surface area (Å²) in [6.45, 7) is 1.61. The van der Waals surface area contributed by atoms with Crippen molar-refractivity contribution in [1.29, 1.82) is 0 Å². The number of amides is 1. The highest BCUT2D eigenvalue weighted by molar-refractivity contribution is 6.20. The second kappa shape index (κ2) is 7.94. The molecule has 3 atom stereocenters. The third kappa shape index (κ3) is 3.43. The summed E-state index contributed by atoms with van der Waals surface area (Å²) in [6, 6.07) is 9.47. The van der Waals surface area contributed by atoms with Crippen LogP contribution in [0.4, 0.5) is 13.2 Å². The summed E-state index contributed by atoms with van der Waals surface area (Å²) in [5.41, 5.74) is 3.94. The molecule has 2 aliphatic rings. The highest BCUT2D eigenvalue weighted by atomic mass is 19.4. The molecule has 1 amide bonds. The van der Waals surface area contributed by atoms with Crippen LogP contribution in [0.2, 0.25) is 0 Å². The van der Waals surface area contributed by atoms with Crippen molar-refractivity contribution < 1.29 is 31.9 Å². The van der Waals surface area contributed by atoms with Crippen LogP contribution in [0.25, 0.3) is 16.7 Å². The molecule has 1 aromatic heterocycles. The number of nitrogens with zero attached hydrogens (tertiary/aromatic N) is 2. The molecule has 1 fully saturated rings. The fraction of sp³-hybridized carbons (Fsp3) is 0.304. The first kappa shape index (κ1) is 22.1. The van der Waals surface area contributed by atoms with Crippen molar-refractivity contribution >= 4 is 22.6 Å². The molecule has 2 aromatic carbocycles. The molecule has 8 nitrogen and oxygen atoms in total. The predicted octanol–water partition coefficient (Wildman–Crippen LogP) is 3.57. The van der Waals surface area contributed by atoms with Gasteiger partial charge in [-0.25, -0.2) is 15.4 Å². The standard InChI is InChI=1S/C23H21F3N4O4/c1-11-16(21-28-18-14(33-3)8-5-9-15(18)34-21)22(31)30-20(27-11)17(19(29-30)23(24,25)26)12-6-4-7-13(10-12)32-2/h4-10,17,19-20,27,29H,1-3H3. The first-order valence-electron chi connectivity index (χ1n) is 10.4. The minimum atomic E-state index is -4.62. The summed E-state index contributed by atoms with van der Waals surface area (Å²) in [4.78, 5) is 17.9. The molecule has 0 aliphatic carbocycles. The molecule has 0 saturated carbocycles. The van der Waals surface area contributed by atoms with E-state index in [1.807, 2.05) is 0 Å². The van der Waals surface area contributed by atoms with Gasteiger partial charge in [0, 0.05) is 5.70 Å². The molecule has 178 valence electrons. The molecule has 3 aromatic rings. The third-order valence-corrected chi connectivity index (χ3v) is 6.07. The van der Waals surface area contributed by atoms with E-state index in [4.69, 9.17) is 13.9 Å². The lowest BCUT2D eigenvalue weighted by molar-refractivity contribution is -0.161. The average Bonchev–Trinajstić information content (AvgIpc) is 3.40. The number of hydrazine groups is 1. The SMILES string of the molecule is COc1cccc(C2C3NC(C)=C(c4nc5c(OC)cccc5o4)C(=O)N3NC2C(F)(F)F)c1. The van der Waals surface area contributed by atoms with E-state index in [9.17, 15) is 18.0 Å². The summed E-state index contributed by atoms with van der Waals surface area (Å²) >= 11 is 0. The molecule has 0 spiro atoms. The van der Waals surface area contributed by atoms with Crippen molar-refractivity contribution in [1.82, 2.24) is 20.7 Å². The fourth-order valence-corrected chi connectivity index (χ4v) is 4.51. The maximum atomic E-state index is 14.1. The van der Waals surface area contributed by atoms with Crippen LogP contribution >= 0.6 is 0 Å². The van der Waals surface area contributed by atoms with Gasteiger partial charge in [0.2, 0.25) is 5.89 Å². The van der Waals surface area contributed by atoms with E-state index in [-0.39, 0.29) is 11.5 Å². The first-order chi connectivity index (χ1) is 16.2. The number of rotatable bonds is 4. The number of carbonyl (C=O) groups is 1. The summed E-state index contributed by atoms with van der Waals surface area (Å²) in [5.74, 6) is -0.935. The highest BCUT2D eigenvalue weighted by Gasteiger charge is 2.58. The van der Waals surface area contributed by atoms with E-state index in [2.05, 4.69) is 15.7 Å². The molecule has 3 heterocycles. The van der Waals surface area contributed by atoms with E-state index in [0.717, 1.165) is 5.01 Å². The van der Waals surface area contributed by atoms with E-state index >= 15 is 0 Å². The number of halogens is 3. The van der Waals surface area contributed by atoms with Crippen LogP contribution in [0, 0.1) is 0 Å². The number of allylic oxidation sites excluding steroid dienone is 1. The minimum absolute atomic E-state index is 0.0110. The van der Waals surface area contributed by atoms with Gasteiger partial charge in [0.25, 0.3) is 5.91 Å². The zero-order valence-electron chi connectivity index (χ0n) is 18.4. The normalized spacial score (nSPS) is 22.7. The summed E-state index contributed by atoms with van der Waals surface area (Å²) < 4.78 is 58.5. The number of benzene rings is 2. The zero-order chi connectivity index (χ0) is 24.2. The van der Waals surface area contributed by atoms with Crippen LogP contribution in [0.5, 0.6) is 11.5 Å². The number of hydrogen-bond donors (Lipinski definition) is 2. The second-order valence-corrected chi connectivity index (χ2v) is 8.04. The number of oxazole rings is 1. The van der Waals surface area contributed by atoms with Crippen molar-refractivity contribution in [3.8, 4) is 11.5 Å². The number of para-hydroxylation sites is 1. The van der Waals surface area contributed by atoms with Gasteiger partial charge in [-0.2, -0.15) is 13.2 Å². The van der Waals surface area contributed by atoms with Gasteiger partial charge in [-0.1, -0.05) is 18.2 Å². The van der Waals surface area contributed by atoms with Crippen molar-refractivity contribution in [3.05, 3.63) is 59.6 Å². The van der Waals surface area contributed by atoms with E-state index in [0.29, 0.717) is 33.9 Å². The largest absolute Gasteiger partial charge is 0.497 e. The number of ether oxygens (including phenoxy) is 2. The highest BCUT2D eigenvalue weighted by Crippen LogP contribution is 2.43. The number of aromatic nitrogens is 1. The van der Waals surface area contributed by atoms with E-state index in [1.165, 1.54) is 14.2 Å². The van der Waals surface area contributed by atoms with Crippen molar-refractivity contribution in [2.75, 3.05) is 14.2 Å². The van der Waals surface area contributed by atoms with Gasteiger partial charge in [-0.15, -0.1) is 0 Å². The Balaban J connectivity index is 1.58. The Hall–Kier alpha value is -3.73. The molecule has 34 heavy (non-hydrogen) atoms. The van der Waals surface area contributed by atoms with Crippen LogP contribution in [0.3, 0.4) is 0 Å². The molecule has 1 saturated heterocycles. The lowest BCUT2D eigenvalue weighted by Crippen LogP contribution is -2.54. The topological polar surface area (TPSA) is 88.9 Å². The first-order valence-corrected chi connectivity index (χ1v) is 10.4. The third-order valence-electron chi connectivity index (χ3n) is 6.07. The maximum Gasteiger partial charge on any atom is 0.406 e. The van der Waals surface area contributed by atoms with Crippen LogP contribution in [0.1, 0.15) is 24.3 Å². The smallest absolute Gasteiger partial charge is 0.406 e. The van der Waals surface area contributed by atoms with Gasteiger partial charge in [0.15, 0.2) is 11.1 Å². The number of alkyl halides is 3. The molecule has 0 radical (unpaired) electrons. The Morgan fingerprint density at radius 1 is 1.12 bits per heavy atom. The Labute approximate surface area is 192 Å². The van der Waals surface area contributed by atoms with E-state index in [1.54, 1.807) is 49.4 Å². The van der Waals surface area contributed by atoms with Gasteiger partial charge in [0.1, 0.15) is 29.3 Å². The summed E-state index contributed by atoms with van der Waals surface area (Å²) in [6.07, 6.45) is -5.61. The summed E-state index contributed by atoms with van der Waals surface area (Å²) in [7, 11) is 2.92. The molecule has 0 bridgehead atoms. The monoisotopic (exact) mass is 474 g/mol. The van der Waals surface area contributed by atoms with Gasteiger partial charge in [-0.3, -0.25) is 4.79 Å². The van der Waals surface area contributed by atoms with Crippen LogP contribution in [-0.2, 0) is 4.79 Å². The molecule has 2 aliphatic heterocycles.